The number of rotatable bonds is 5. The van der Waals surface area contributed by atoms with E-state index in [9.17, 15) is 0 Å². The highest BCUT2D eigenvalue weighted by Gasteiger charge is 1.96. The predicted molar refractivity (Wildman–Crippen MR) is 53.0 cm³/mol. The molecule has 13 heavy (non-hydrogen) atoms. The number of nitrogens with one attached hydrogen (secondary N) is 1. The fourth-order valence-electron chi connectivity index (χ4n) is 1.08. The minimum atomic E-state index is 0.814. The smallest absolute Gasteiger partial charge is 0.122 e. The maximum atomic E-state index is 5.14. The summed E-state index contributed by atoms with van der Waals surface area (Å²) in [5.41, 5.74) is 0. The predicted octanol–water partition coefficient (Wildman–Crippen LogP) is 0.923. The average molecular weight is 177 g/mol. The van der Waals surface area contributed by atoms with Crippen LogP contribution in [0.5, 0.6) is 0 Å². The van der Waals surface area contributed by atoms with Crippen molar-refractivity contribution in [2.75, 3.05) is 6.54 Å². The van der Waals surface area contributed by atoms with E-state index >= 15 is 0 Å². The Labute approximate surface area is 79.2 Å². The molecule has 1 aromatic heterocycles. The summed E-state index contributed by atoms with van der Waals surface area (Å²) in [7, 11) is 1.99. The van der Waals surface area contributed by atoms with Crippen LogP contribution in [0, 0.1) is 12.3 Å². The first-order valence-electron chi connectivity index (χ1n) is 4.45. The Morgan fingerprint density at radius 1 is 1.69 bits per heavy atom. The van der Waals surface area contributed by atoms with Gasteiger partial charge in [0, 0.05) is 25.9 Å². The quantitative estimate of drug-likeness (QED) is 0.535. The van der Waals surface area contributed by atoms with Gasteiger partial charge in [0.05, 0.1) is 6.54 Å². The lowest BCUT2D eigenvalue weighted by Crippen LogP contribution is -2.17. The highest BCUT2D eigenvalue weighted by molar-refractivity contribution is 4.90. The van der Waals surface area contributed by atoms with Crippen molar-refractivity contribution in [3.8, 4) is 12.3 Å². The molecular weight excluding hydrogens is 162 g/mol. The lowest BCUT2D eigenvalue weighted by atomic mass is 10.3. The van der Waals surface area contributed by atoms with Crippen molar-refractivity contribution in [3.63, 3.8) is 0 Å². The van der Waals surface area contributed by atoms with E-state index in [2.05, 4.69) is 16.2 Å². The van der Waals surface area contributed by atoms with Crippen LogP contribution in [0.1, 0.15) is 18.7 Å². The van der Waals surface area contributed by atoms with Crippen molar-refractivity contribution in [1.29, 1.82) is 0 Å². The molecule has 0 bridgehead atoms. The first kappa shape index (κ1) is 9.82. The van der Waals surface area contributed by atoms with Crippen LogP contribution < -0.4 is 5.32 Å². The van der Waals surface area contributed by atoms with Gasteiger partial charge in [0.1, 0.15) is 5.82 Å². The molecule has 70 valence electrons. The summed E-state index contributed by atoms with van der Waals surface area (Å²) in [6, 6.07) is 0. The zero-order valence-corrected chi connectivity index (χ0v) is 7.95. The molecule has 0 fully saturated rings. The maximum Gasteiger partial charge on any atom is 0.122 e. The van der Waals surface area contributed by atoms with E-state index in [0.717, 1.165) is 31.8 Å². The van der Waals surface area contributed by atoms with Crippen LogP contribution in [0.3, 0.4) is 0 Å². The molecule has 0 aliphatic rings. The van der Waals surface area contributed by atoms with Crippen molar-refractivity contribution < 1.29 is 0 Å². The molecule has 1 N–H and O–H groups in total. The summed E-state index contributed by atoms with van der Waals surface area (Å²) < 4.78 is 2.01. The summed E-state index contributed by atoms with van der Waals surface area (Å²) >= 11 is 0. The SMILES string of the molecule is C#CCCCNCc1nccn1C. The molecule has 0 amide bonds. The van der Waals surface area contributed by atoms with Crippen LogP contribution in [0.15, 0.2) is 12.4 Å². The van der Waals surface area contributed by atoms with Crippen molar-refractivity contribution in [1.82, 2.24) is 14.9 Å². The van der Waals surface area contributed by atoms with Gasteiger partial charge in [-0.2, -0.15) is 0 Å². The minimum Gasteiger partial charge on any atom is -0.337 e. The highest BCUT2D eigenvalue weighted by atomic mass is 15.1. The van der Waals surface area contributed by atoms with Crippen LogP contribution in [0.2, 0.25) is 0 Å². The van der Waals surface area contributed by atoms with E-state index in [0.29, 0.717) is 0 Å². The van der Waals surface area contributed by atoms with Gasteiger partial charge in [0.2, 0.25) is 0 Å². The molecular formula is C10H15N3. The van der Waals surface area contributed by atoms with E-state index in [1.54, 1.807) is 6.20 Å². The Morgan fingerprint density at radius 3 is 3.15 bits per heavy atom. The Balaban J connectivity index is 2.14. The molecule has 0 spiro atoms. The number of nitrogens with zero attached hydrogens (tertiary/aromatic N) is 2. The molecule has 1 aromatic rings. The van der Waals surface area contributed by atoms with Crippen LogP contribution in [0.25, 0.3) is 0 Å². The van der Waals surface area contributed by atoms with Gasteiger partial charge in [-0.3, -0.25) is 0 Å². The van der Waals surface area contributed by atoms with Gasteiger partial charge < -0.3 is 9.88 Å². The Kier molecular flexibility index (Phi) is 4.07. The molecule has 3 nitrogen and oxygen atoms in total. The van der Waals surface area contributed by atoms with Crippen LogP contribution in [-0.2, 0) is 13.6 Å². The fourth-order valence-corrected chi connectivity index (χ4v) is 1.08. The summed E-state index contributed by atoms with van der Waals surface area (Å²) in [6.45, 7) is 1.77. The first-order valence-corrected chi connectivity index (χ1v) is 4.45. The molecule has 0 atom stereocenters. The number of hydrogen-bond donors (Lipinski definition) is 1. The summed E-state index contributed by atoms with van der Waals surface area (Å²) in [5, 5.41) is 3.28. The maximum absolute atomic E-state index is 5.14. The number of aromatic nitrogens is 2. The summed E-state index contributed by atoms with van der Waals surface area (Å²) in [4.78, 5) is 4.19. The zero-order chi connectivity index (χ0) is 9.52. The van der Waals surface area contributed by atoms with Crippen molar-refractivity contribution in [3.05, 3.63) is 18.2 Å². The second-order valence-corrected chi connectivity index (χ2v) is 2.94. The van der Waals surface area contributed by atoms with Gasteiger partial charge in [0.15, 0.2) is 0 Å². The number of hydrogen-bond acceptors (Lipinski definition) is 2. The van der Waals surface area contributed by atoms with Gasteiger partial charge in [-0.25, -0.2) is 4.98 Å². The van der Waals surface area contributed by atoms with Crippen molar-refractivity contribution >= 4 is 0 Å². The largest absolute Gasteiger partial charge is 0.337 e. The van der Waals surface area contributed by atoms with Gasteiger partial charge in [-0.05, 0) is 13.0 Å². The molecule has 0 aliphatic heterocycles. The molecule has 0 unspecified atom stereocenters. The molecule has 1 heterocycles. The fraction of sp³-hybridized carbons (Fsp3) is 0.500. The molecule has 1 rings (SSSR count). The second kappa shape index (κ2) is 5.39. The van der Waals surface area contributed by atoms with E-state index in [1.165, 1.54) is 0 Å². The molecule has 0 aliphatic carbocycles. The van der Waals surface area contributed by atoms with Crippen LogP contribution >= 0.6 is 0 Å². The standard InChI is InChI=1S/C10H15N3/c1-3-4-5-6-11-9-10-12-7-8-13(10)2/h1,7-8,11H,4-6,9H2,2H3. The van der Waals surface area contributed by atoms with Crippen molar-refractivity contribution in [2.45, 2.75) is 19.4 Å². The normalized spacial score (nSPS) is 9.85. The lowest BCUT2D eigenvalue weighted by Gasteiger charge is -2.02. The number of aryl methyl sites for hydroxylation is 1. The van der Waals surface area contributed by atoms with Crippen LogP contribution in [-0.4, -0.2) is 16.1 Å². The Hall–Kier alpha value is -1.27. The third-order valence-corrected chi connectivity index (χ3v) is 1.88. The molecule has 0 saturated carbocycles. The van der Waals surface area contributed by atoms with Gasteiger partial charge in [0.25, 0.3) is 0 Å². The van der Waals surface area contributed by atoms with E-state index < -0.39 is 0 Å². The van der Waals surface area contributed by atoms with Gasteiger partial charge in [-0.15, -0.1) is 12.3 Å². The molecule has 0 radical (unpaired) electrons. The zero-order valence-electron chi connectivity index (χ0n) is 7.95. The van der Waals surface area contributed by atoms with E-state index in [-0.39, 0.29) is 0 Å². The average Bonchev–Trinajstić information content (AvgIpc) is 2.52. The van der Waals surface area contributed by atoms with Crippen LogP contribution in [0.4, 0.5) is 0 Å². The lowest BCUT2D eigenvalue weighted by molar-refractivity contribution is 0.620. The van der Waals surface area contributed by atoms with Crippen molar-refractivity contribution in [2.24, 2.45) is 7.05 Å². The second-order valence-electron chi connectivity index (χ2n) is 2.94. The number of terminal acetylenes is 1. The number of unbranched alkanes of at least 4 members (excludes halogenated alkanes) is 1. The molecule has 0 aromatic carbocycles. The van der Waals surface area contributed by atoms with Gasteiger partial charge >= 0.3 is 0 Å². The minimum absolute atomic E-state index is 0.814. The Bertz CT molecular complexity index is 283. The molecule has 3 heteroatoms. The van der Waals surface area contributed by atoms with Gasteiger partial charge in [-0.1, -0.05) is 0 Å². The number of imidazole rings is 1. The highest BCUT2D eigenvalue weighted by Crippen LogP contribution is 1.93. The first-order chi connectivity index (χ1) is 6.34. The van der Waals surface area contributed by atoms with E-state index in [1.807, 2.05) is 17.8 Å². The summed E-state index contributed by atoms with van der Waals surface area (Å²) in [5.74, 6) is 3.67. The topological polar surface area (TPSA) is 29.9 Å². The summed E-state index contributed by atoms with van der Waals surface area (Å²) in [6.07, 6.45) is 10.8. The monoisotopic (exact) mass is 177 g/mol. The Morgan fingerprint density at radius 2 is 2.54 bits per heavy atom. The molecule has 0 saturated heterocycles. The van der Waals surface area contributed by atoms with E-state index in [4.69, 9.17) is 6.42 Å². The third-order valence-electron chi connectivity index (χ3n) is 1.88. The third kappa shape index (κ3) is 3.30.